The van der Waals surface area contributed by atoms with Gasteiger partial charge in [-0.1, -0.05) is 36.4 Å². The van der Waals surface area contributed by atoms with Crippen LogP contribution in [0.2, 0.25) is 0 Å². The van der Waals surface area contributed by atoms with Crippen LogP contribution in [0.4, 0.5) is 5.69 Å². The highest BCUT2D eigenvalue weighted by Crippen LogP contribution is 2.11. The molecule has 0 unspecified atom stereocenters. The van der Waals surface area contributed by atoms with Gasteiger partial charge in [-0.3, -0.25) is 9.69 Å². The number of carbonyl (C=O) groups is 1. The molecule has 2 rings (SSSR count). The molecule has 4 heteroatoms. The summed E-state index contributed by atoms with van der Waals surface area (Å²) in [5.41, 5.74) is 4.67. The molecule has 2 aromatic rings. The van der Waals surface area contributed by atoms with Gasteiger partial charge in [0.1, 0.15) is 0 Å². The van der Waals surface area contributed by atoms with Crippen molar-refractivity contribution < 1.29 is 4.79 Å². The molecular formula is C21H29N3O. The molecule has 0 aliphatic rings. The lowest BCUT2D eigenvalue weighted by Crippen LogP contribution is -2.25. The van der Waals surface area contributed by atoms with Gasteiger partial charge >= 0.3 is 0 Å². The first kappa shape index (κ1) is 19.2. The van der Waals surface area contributed by atoms with Gasteiger partial charge in [-0.05, 0) is 49.7 Å². The van der Waals surface area contributed by atoms with Crippen molar-refractivity contribution in [3.63, 3.8) is 0 Å². The summed E-state index contributed by atoms with van der Waals surface area (Å²) in [5.74, 6) is -0.0473. The highest BCUT2D eigenvalue weighted by Gasteiger charge is 2.05. The average molecular weight is 339 g/mol. The first-order valence-corrected chi connectivity index (χ1v) is 8.79. The van der Waals surface area contributed by atoms with Crippen LogP contribution in [0.1, 0.15) is 37.5 Å². The SMILES string of the molecule is CC(=O)Nc1ccc(CNCc2cccc(CN(C)C(C)C)c2)cc1. The summed E-state index contributed by atoms with van der Waals surface area (Å²) in [6.07, 6.45) is 0. The second kappa shape index (κ2) is 9.35. The van der Waals surface area contributed by atoms with Crippen LogP contribution >= 0.6 is 0 Å². The van der Waals surface area contributed by atoms with Crippen LogP contribution in [0.5, 0.6) is 0 Å². The molecule has 0 saturated heterocycles. The summed E-state index contributed by atoms with van der Waals surface area (Å²) >= 11 is 0. The molecule has 0 spiro atoms. The molecule has 25 heavy (non-hydrogen) atoms. The van der Waals surface area contributed by atoms with E-state index in [2.05, 4.69) is 60.7 Å². The van der Waals surface area contributed by atoms with Gasteiger partial charge in [-0.15, -0.1) is 0 Å². The first-order chi connectivity index (χ1) is 11.9. The van der Waals surface area contributed by atoms with E-state index in [0.717, 1.165) is 25.3 Å². The van der Waals surface area contributed by atoms with E-state index in [4.69, 9.17) is 0 Å². The van der Waals surface area contributed by atoms with Crippen LogP contribution in [0.15, 0.2) is 48.5 Å². The van der Waals surface area contributed by atoms with Gasteiger partial charge in [0, 0.05) is 38.3 Å². The minimum atomic E-state index is -0.0473. The Labute approximate surface area is 151 Å². The van der Waals surface area contributed by atoms with Gasteiger partial charge in [0.05, 0.1) is 0 Å². The van der Waals surface area contributed by atoms with E-state index in [1.54, 1.807) is 0 Å². The smallest absolute Gasteiger partial charge is 0.221 e. The number of amides is 1. The molecule has 0 aromatic heterocycles. The fourth-order valence-electron chi connectivity index (χ4n) is 2.57. The highest BCUT2D eigenvalue weighted by molar-refractivity contribution is 5.88. The summed E-state index contributed by atoms with van der Waals surface area (Å²) in [5, 5.41) is 6.26. The van der Waals surface area contributed by atoms with E-state index in [1.165, 1.54) is 23.6 Å². The van der Waals surface area contributed by atoms with Crippen LogP contribution < -0.4 is 10.6 Å². The quantitative estimate of drug-likeness (QED) is 0.769. The fourth-order valence-corrected chi connectivity index (χ4v) is 2.57. The number of rotatable bonds is 8. The van der Waals surface area contributed by atoms with Crippen molar-refractivity contribution in [3.05, 3.63) is 65.2 Å². The Morgan fingerprint density at radius 1 is 1.00 bits per heavy atom. The maximum absolute atomic E-state index is 11.0. The van der Waals surface area contributed by atoms with Gasteiger partial charge in [0.15, 0.2) is 0 Å². The van der Waals surface area contributed by atoms with Gasteiger partial charge in [0.25, 0.3) is 0 Å². The highest BCUT2D eigenvalue weighted by atomic mass is 16.1. The Morgan fingerprint density at radius 2 is 1.64 bits per heavy atom. The number of anilines is 1. The Morgan fingerprint density at radius 3 is 2.28 bits per heavy atom. The lowest BCUT2D eigenvalue weighted by Gasteiger charge is -2.21. The summed E-state index contributed by atoms with van der Waals surface area (Å²) in [4.78, 5) is 13.4. The molecule has 0 aliphatic carbocycles. The maximum Gasteiger partial charge on any atom is 0.221 e. The fraction of sp³-hybridized carbons (Fsp3) is 0.381. The third kappa shape index (κ3) is 6.69. The third-order valence-electron chi connectivity index (χ3n) is 4.24. The van der Waals surface area contributed by atoms with E-state index in [0.29, 0.717) is 6.04 Å². The normalized spacial score (nSPS) is 11.1. The monoisotopic (exact) mass is 339 g/mol. The van der Waals surface area contributed by atoms with Crippen molar-refractivity contribution in [2.24, 2.45) is 0 Å². The second-order valence-electron chi connectivity index (χ2n) is 6.81. The number of hydrogen-bond donors (Lipinski definition) is 2. The zero-order chi connectivity index (χ0) is 18.2. The molecule has 2 aromatic carbocycles. The second-order valence-corrected chi connectivity index (χ2v) is 6.81. The molecule has 0 heterocycles. The van der Waals surface area contributed by atoms with E-state index in [1.807, 2.05) is 24.3 Å². The maximum atomic E-state index is 11.0. The van der Waals surface area contributed by atoms with Crippen molar-refractivity contribution >= 4 is 11.6 Å². The summed E-state index contributed by atoms with van der Waals surface area (Å²) in [7, 11) is 2.15. The molecule has 0 radical (unpaired) electrons. The molecule has 0 aliphatic heterocycles. The van der Waals surface area contributed by atoms with Crippen LogP contribution in [0.25, 0.3) is 0 Å². The molecule has 2 N–H and O–H groups in total. The van der Waals surface area contributed by atoms with E-state index in [9.17, 15) is 4.79 Å². The molecule has 0 bridgehead atoms. The van der Waals surface area contributed by atoms with Crippen LogP contribution in [0.3, 0.4) is 0 Å². The predicted molar refractivity (Wildman–Crippen MR) is 104 cm³/mol. The zero-order valence-corrected chi connectivity index (χ0v) is 15.7. The van der Waals surface area contributed by atoms with Gasteiger partial charge in [0.2, 0.25) is 5.91 Å². The molecule has 4 nitrogen and oxygen atoms in total. The van der Waals surface area contributed by atoms with Crippen molar-refractivity contribution in [2.75, 3.05) is 12.4 Å². The van der Waals surface area contributed by atoms with E-state index in [-0.39, 0.29) is 5.91 Å². The topological polar surface area (TPSA) is 44.4 Å². The number of nitrogens with one attached hydrogen (secondary N) is 2. The molecule has 0 atom stereocenters. The lowest BCUT2D eigenvalue weighted by molar-refractivity contribution is -0.114. The predicted octanol–water partition coefficient (Wildman–Crippen LogP) is 3.78. The average Bonchev–Trinajstić information content (AvgIpc) is 2.56. The number of hydrogen-bond acceptors (Lipinski definition) is 3. The summed E-state index contributed by atoms with van der Waals surface area (Å²) in [6.45, 7) is 8.55. The van der Waals surface area contributed by atoms with Crippen molar-refractivity contribution in [1.29, 1.82) is 0 Å². The molecule has 0 saturated carbocycles. The number of carbonyl (C=O) groups excluding carboxylic acids is 1. The molecule has 134 valence electrons. The van der Waals surface area contributed by atoms with Crippen LogP contribution in [-0.4, -0.2) is 23.9 Å². The van der Waals surface area contributed by atoms with Crippen molar-refractivity contribution in [2.45, 2.75) is 46.4 Å². The minimum Gasteiger partial charge on any atom is -0.326 e. The Kier molecular flexibility index (Phi) is 7.16. The van der Waals surface area contributed by atoms with Gasteiger partial charge < -0.3 is 10.6 Å². The Hall–Kier alpha value is -2.17. The lowest BCUT2D eigenvalue weighted by atomic mass is 10.1. The largest absolute Gasteiger partial charge is 0.326 e. The van der Waals surface area contributed by atoms with Gasteiger partial charge in [-0.25, -0.2) is 0 Å². The number of nitrogens with zero attached hydrogens (tertiary/aromatic N) is 1. The van der Waals surface area contributed by atoms with E-state index >= 15 is 0 Å². The standard InChI is InChI=1S/C21H29N3O/c1-16(2)24(4)15-20-7-5-6-19(12-20)14-22-13-18-8-10-21(11-9-18)23-17(3)25/h5-12,16,22H,13-15H2,1-4H3,(H,23,25). The molecular weight excluding hydrogens is 310 g/mol. The summed E-state index contributed by atoms with van der Waals surface area (Å²) in [6, 6.07) is 17.2. The van der Waals surface area contributed by atoms with Crippen LogP contribution in [-0.2, 0) is 24.4 Å². The molecule has 0 fully saturated rings. The first-order valence-electron chi connectivity index (χ1n) is 8.79. The van der Waals surface area contributed by atoms with Crippen molar-refractivity contribution in [1.82, 2.24) is 10.2 Å². The van der Waals surface area contributed by atoms with Gasteiger partial charge in [-0.2, -0.15) is 0 Å². The Balaban J connectivity index is 1.84. The number of benzene rings is 2. The Bertz CT molecular complexity index is 680. The minimum absolute atomic E-state index is 0.0473. The van der Waals surface area contributed by atoms with Crippen molar-refractivity contribution in [3.8, 4) is 0 Å². The summed E-state index contributed by atoms with van der Waals surface area (Å²) < 4.78 is 0. The van der Waals surface area contributed by atoms with E-state index < -0.39 is 0 Å². The third-order valence-corrected chi connectivity index (χ3v) is 4.24. The zero-order valence-electron chi connectivity index (χ0n) is 15.7. The molecule has 1 amide bonds. The van der Waals surface area contributed by atoms with Crippen LogP contribution in [0, 0.1) is 0 Å².